The number of nitrogens with zero attached hydrogens (tertiary/aromatic N) is 1. The Kier molecular flexibility index (Phi) is 6.21. The van der Waals surface area contributed by atoms with Crippen molar-refractivity contribution >= 4 is 17.6 Å². The largest absolute Gasteiger partial charge is 0.370 e. The summed E-state index contributed by atoms with van der Waals surface area (Å²) in [7, 11) is 0. The van der Waals surface area contributed by atoms with Gasteiger partial charge < -0.3 is 16.4 Å². The summed E-state index contributed by atoms with van der Waals surface area (Å²) in [6.45, 7) is 8.59. The molecule has 0 aliphatic heterocycles. The average molecular weight is 290 g/mol. The number of guanidine groups is 1. The van der Waals surface area contributed by atoms with Gasteiger partial charge in [-0.25, -0.2) is 4.99 Å². The van der Waals surface area contributed by atoms with Gasteiger partial charge in [0.15, 0.2) is 5.96 Å². The summed E-state index contributed by atoms with van der Waals surface area (Å²) in [5, 5.41) is 5.97. The van der Waals surface area contributed by atoms with E-state index in [0.29, 0.717) is 18.9 Å². The molecule has 1 aromatic rings. The molecule has 0 unspecified atom stereocenters. The number of hydrogen-bond acceptors (Lipinski definition) is 2. The van der Waals surface area contributed by atoms with Crippen LogP contribution in [0.3, 0.4) is 0 Å². The predicted octanol–water partition coefficient (Wildman–Crippen LogP) is 2.63. The van der Waals surface area contributed by atoms with Crippen LogP contribution in [0.5, 0.6) is 0 Å². The molecule has 1 rings (SSSR count). The van der Waals surface area contributed by atoms with Crippen LogP contribution in [-0.2, 0) is 11.3 Å². The molecular formula is C16H26N4O. The third kappa shape index (κ3) is 7.34. The van der Waals surface area contributed by atoms with Crippen LogP contribution in [-0.4, -0.2) is 17.4 Å². The zero-order chi connectivity index (χ0) is 15.9. The fraction of sp³-hybridized carbons (Fsp3) is 0.500. The number of aliphatic imine (C=N–C) groups is 1. The molecule has 0 spiro atoms. The van der Waals surface area contributed by atoms with Crippen molar-refractivity contribution < 1.29 is 4.79 Å². The van der Waals surface area contributed by atoms with E-state index < -0.39 is 0 Å². The van der Waals surface area contributed by atoms with E-state index in [1.807, 2.05) is 52.0 Å². The van der Waals surface area contributed by atoms with Crippen LogP contribution in [0, 0.1) is 0 Å². The smallest absolute Gasteiger partial charge is 0.224 e. The van der Waals surface area contributed by atoms with E-state index >= 15 is 0 Å². The van der Waals surface area contributed by atoms with Gasteiger partial charge in [0.05, 0.1) is 6.54 Å². The van der Waals surface area contributed by atoms with Crippen LogP contribution in [0.4, 0.5) is 5.69 Å². The Morgan fingerprint density at radius 1 is 1.24 bits per heavy atom. The molecule has 0 aromatic heterocycles. The lowest BCUT2D eigenvalue weighted by atomic mass is 10.1. The Hall–Kier alpha value is -2.04. The average Bonchev–Trinajstić information content (AvgIpc) is 2.36. The van der Waals surface area contributed by atoms with Crippen molar-refractivity contribution in [3.05, 3.63) is 29.8 Å². The van der Waals surface area contributed by atoms with Gasteiger partial charge >= 0.3 is 0 Å². The first-order valence-electron chi connectivity index (χ1n) is 7.27. The van der Waals surface area contributed by atoms with Crippen LogP contribution in [0.25, 0.3) is 0 Å². The normalized spacial score (nSPS) is 12.1. The van der Waals surface area contributed by atoms with E-state index in [4.69, 9.17) is 5.73 Å². The summed E-state index contributed by atoms with van der Waals surface area (Å²) >= 11 is 0. The summed E-state index contributed by atoms with van der Waals surface area (Å²) in [6.07, 6.45) is 1.39. The van der Waals surface area contributed by atoms with Crippen molar-refractivity contribution in [2.75, 3.05) is 5.32 Å². The molecule has 0 fully saturated rings. The van der Waals surface area contributed by atoms with Gasteiger partial charge in [0.25, 0.3) is 0 Å². The van der Waals surface area contributed by atoms with Gasteiger partial charge in [-0.3, -0.25) is 4.79 Å². The maximum absolute atomic E-state index is 11.5. The molecule has 4 N–H and O–H groups in total. The molecule has 0 bridgehead atoms. The van der Waals surface area contributed by atoms with E-state index in [0.717, 1.165) is 17.7 Å². The van der Waals surface area contributed by atoms with E-state index in [9.17, 15) is 4.79 Å². The molecular weight excluding hydrogens is 264 g/mol. The number of amides is 1. The molecule has 5 heteroatoms. The van der Waals surface area contributed by atoms with Crippen LogP contribution < -0.4 is 16.4 Å². The molecule has 0 radical (unpaired) electrons. The van der Waals surface area contributed by atoms with E-state index in [-0.39, 0.29) is 11.4 Å². The fourth-order valence-electron chi connectivity index (χ4n) is 1.74. The highest BCUT2D eigenvalue weighted by Crippen LogP contribution is 2.11. The molecule has 0 saturated carbocycles. The minimum Gasteiger partial charge on any atom is -0.370 e. The molecule has 0 aliphatic carbocycles. The number of carbonyl (C=O) groups excluding carboxylic acids is 1. The second kappa shape index (κ2) is 7.67. The highest BCUT2D eigenvalue weighted by Gasteiger charge is 2.09. The Morgan fingerprint density at radius 3 is 2.38 bits per heavy atom. The fourth-order valence-corrected chi connectivity index (χ4v) is 1.74. The van der Waals surface area contributed by atoms with Crippen LogP contribution in [0.2, 0.25) is 0 Å². The molecule has 116 valence electrons. The molecule has 0 saturated heterocycles. The maximum Gasteiger partial charge on any atom is 0.224 e. The van der Waals surface area contributed by atoms with Crippen molar-refractivity contribution in [3.8, 4) is 0 Å². The second-order valence-corrected chi connectivity index (χ2v) is 6.07. The van der Waals surface area contributed by atoms with E-state index in [2.05, 4.69) is 15.6 Å². The second-order valence-electron chi connectivity index (χ2n) is 6.07. The van der Waals surface area contributed by atoms with Gasteiger partial charge in [-0.15, -0.1) is 0 Å². The van der Waals surface area contributed by atoms with Crippen LogP contribution in [0.1, 0.15) is 46.1 Å². The molecule has 1 aromatic carbocycles. The first-order chi connectivity index (χ1) is 9.80. The molecule has 0 heterocycles. The first kappa shape index (κ1) is 17.0. The van der Waals surface area contributed by atoms with Crippen molar-refractivity contribution in [1.82, 2.24) is 5.32 Å². The third-order valence-electron chi connectivity index (χ3n) is 2.65. The molecule has 21 heavy (non-hydrogen) atoms. The van der Waals surface area contributed by atoms with Gasteiger partial charge in [-0.05, 0) is 44.9 Å². The van der Waals surface area contributed by atoms with Crippen LogP contribution >= 0.6 is 0 Å². The number of nitrogens with one attached hydrogen (secondary N) is 2. The predicted molar refractivity (Wildman–Crippen MR) is 88.2 cm³/mol. The summed E-state index contributed by atoms with van der Waals surface area (Å²) in [6, 6.07) is 7.64. The number of anilines is 1. The Morgan fingerprint density at radius 2 is 1.86 bits per heavy atom. The summed E-state index contributed by atoms with van der Waals surface area (Å²) < 4.78 is 0. The molecule has 5 nitrogen and oxygen atoms in total. The lowest BCUT2D eigenvalue weighted by molar-refractivity contribution is -0.116. The van der Waals surface area contributed by atoms with Gasteiger partial charge in [-0.1, -0.05) is 19.1 Å². The number of rotatable bonds is 5. The monoisotopic (exact) mass is 290 g/mol. The highest BCUT2D eigenvalue weighted by atomic mass is 16.1. The highest BCUT2D eigenvalue weighted by molar-refractivity contribution is 5.90. The van der Waals surface area contributed by atoms with Gasteiger partial charge in [0.1, 0.15) is 0 Å². The summed E-state index contributed by atoms with van der Waals surface area (Å²) in [4.78, 5) is 15.8. The quantitative estimate of drug-likeness (QED) is 0.576. The number of carbonyl (C=O) groups is 1. The van der Waals surface area contributed by atoms with Crippen molar-refractivity contribution in [1.29, 1.82) is 0 Å². The maximum atomic E-state index is 11.5. The minimum atomic E-state index is -0.0962. The summed E-state index contributed by atoms with van der Waals surface area (Å²) in [5.74, 6) is 0.477. The number of nitrogens with two attached hydrogens (primary N) is 1. The lowest BCUT2D eigenvalue weighted by Crippen LogP contribution is -2.44. The SMILES string of the molecule is CCCC(=O)Nc1ccc(CN=C(N)NC(C)(C)C)cc1. The minimum absolute atomic E-state index is 0.0434. The third-order valence-corrected chi connectivity index (χ3v) is 2.65. The zero-order valence-electron chi connectivity index (χ0n) is 13.4. The zero-order valence-corrected chi connectivity index (χ0v) is 13.4. The van der Waals surface area contributed by atoms with E-state index in [1.165, 1.54) is 0 Å². The van der Waals surface area contributed by atoms with Gasteiger partial charge in [0, 0.05) is 17.6 Å². The lowest BCUT2D eigenvalue weighted by Gasteiger charge is -2.20. The Bertz CT molecular complexity index is 486. The van der Waals surface area contributed by atoms with Crippen molar-refractivity contribution in [3.63, 3.8) is 0 Å². The molecule has 1 amide bonds. The number of benzene rings is 1. The Labute approximate surface area is 127 Å². The van der Waals surface area contributed by atoms with Crippen LogP contribution in [0.15, 0.2) is 29.3 Å². The van der Waals surface area contributed by atoms with Gasteiger partial charge in [0.2, 0.25) is 5.91 Å². The standard InChI is InChI=1S/C16H26N4O/c1-5-6-14(21)19-13-9-7-12(8-10-13)11-18-15(17)20-16(2,3)4/h7-10H,5-6,11H2,1-4H3,(H,19,21)(H3,17,18,20). The molecule has 0 aliphatic rings. The molecule has 0 atom stereocenters. The first-order valence-corrected chi connectivity index (χ1v) is 7.27. The number of hydrogen-bond donors (Lipinski definition) is 3. The van der Waals surface area contributed by atoms with Gasteiger partial charge in [-0.2, -0.15) is 0 Å². The van der Waals surface area contributed by atoms with Crippen molar-refractivity contribution in [2.45, 2.75) is 52.6 Å². The Balaban J connectivity index is 2.55. The van der Waals surface area contributed by atoms with E-state index in [1.54, 1.807) is 0 Å². The van der Waals surface area contributed by atoms with Crippen molar-refractivity contribution in [2.24, 2.45) is 10.7 Å². The topological polar surface area (TPSA) is 79.5 Å². The summed E-state index contributed by atoms with van der Waals surface area (Å²) in [5.41, 5.74) is 7.57.